The zero-order chi connectivity index (χ0) is 10.8. The third-order valence-corrected chi connectivity index (χ3v) is 1.91. The minimum Gasteiger partial charge on any atom is -0.392 e. The molecule has 0 aromatic heterocycles. The Morgan fingerprint density at radius 2 is 1.79 bits per heavy atom. The topological polar surface area (TPSA) is 12.0 Å². The summed E-state index contributed by atoms with van der Waals surface area (Å²) in [5.74, 6) is 0. The molecule has 14 heavy (non-hydrogen) atoms. The van der Waals surface area contributed by atoms with Gasteiger partial charge in [0.25, 0.3) is 0 Å². The molecule has 0 saturated heterocycles. The van der Waals surface area contributed by atoms with Crippen molar-refractivity contribution < 1.29 is 0 Å². The maximum atomic E-state index is 3.88. The van der Waals surface area contributed by atoms with Crippen molar-refractivity contribution in [3.05, 3.63) is 48.2 Å². The summed E-state index contributed by atoms with van der Waals surface area (Å²) in [6.45, 7) is 7.88. The van der Waals surface area contributed by atoms with E-state index in [9.17, 15) is 0 Å². The van der Waals surface area contributed by atoms with Crippen LogP contribution >= 0.6 is 0 Å². The highest BCUT2D eigenvalue weighted by atomic mass is 14.8. The minimum absolute atomic E-state index is 1.01. The van der Waals surface area contributed by atoms with Crippen LogP contribution in [0.25, 0.3) is 0 Å². The molecule has 0 aliphatic rings. The summed E-state index contributed by atoms with van der Waals surface area (Å²) in [5, 5.41) is 3.04. The molecule has 0 aliphatic carbocycles. The maximum Gasteiger partial charge on any atom is 0.00343 e. The van der Waals surface area contributed by atoms with Crippen LogP contribution in [0.4, 0.5) is 0 Å². The number of allylic oxidation sites excluding steroid dienone is 1. The van der Waals surface area contributed by atoms with Crippen molar-refractivity contribution in [2.24, 2.45) is 0 Å². The normalized spacial score (nSPS) is 8.50. The van der Waals surface area contributed by atoms with Gasteiger partial charge in [-0.1, -0.05) is 50.8 Å². The lowest BCUT2D eigenvalue weighted by molar-refractivity contribution is 0.842. The predicted octanol–water partition coefficient (Wildman–Crippen LogP) is 3.38. The maximum absolute atomic E-state index is 3.88. The fourth-order valence-electron chi connectivity index (χ4n) is 1.06. The van der Waals surface area contributed by atoms with E-state index in [2.05, 4.69) is 36.2 Å². The van der Waals surface area contributed by atoms with Crippen LogP contribution in [0, 0.1) is 0 Å². The molecule has 0 bridgehead atoms. The minimum atomic E-state index is 1.01. The molecule has 0 unspecified atom stereocenters. The first kappa shape index (κ1) is 12.8. The molecule has 1 heteroatoms. The fraction of sp³-hybridized carbons (Fsp3) is 0.385. The van der Waals surface area contributed by atoms with Gasteiger partial charge in [0.1, 0.15) is 0 Å². The molecule has 0 aliphatic heterocycles. The Kier molecular flexibility index (Phi) is 7.62. The number of aryl methyl sites for hydroxylation is 1. The zero-order valence-electron chi connectivity index (χ0n) is 9.51. The van der Waals surface area contributed by atoms with Crippen molar-refractivity contribution in [3.63, 3.8) is 0 Å². The highest BCUT2D eigenvalue weighted by Crippen LogP contribution is 2.04. The third kappa shape index (κ3) is 5.41. The average Bonchev–Trinajstić information content (AvgIpc) is 2.30. The Bertz CT molecular complexity index is 239. The molecule has 1 N–H and O–H groups in total. The molecule has 0 heterocycles. The highest BCUT2D eigenvalue weighted by molar-refractivity contribution is 5.15. The second kappa shape index (κ2) is 8.36. The van der Waals surface area contributed by atoms with E-state index in [1.54, 1.807) is 0 Å². The molecule has 1 nitrogen and oxygen atoms in total. The molecule has 1 aromatic rings. The van der Waals surface area contributed by atoms with Gasteiger partial charge in [0.05, 0.1) is 0 Å². The van der Waals surface area contributed by atoms with Gasteiger partial charge in [-0.05, 0) is 18.4 Å². The van der Waals surface area contributed by atoms with Crippen LogP contribution < -0.4 is 5.32 Å². The predicted molar refractivity (Wildman–Crippen MR) is 64.3 cm³/mol. The van der Waals surface area contributed by atoms with Crippen LogP contribution in [0.5, 0.6) is 0 Å². The smallest absolute Gasteiger partial charge is 0.00343 e. The van der Waals surface area contributed by atoms with Crippen molar-refractivity contribution in [2.75, 3.05) is 7.05 Å². The van der Waals surface area contributed by atoms with Gasteiger partial charge in [-0.2, -0.15) is 0 Å². The van der Waals surface area contributed by atoms with Gasteiger partial charge >= 0.3 is 0 Å². The molecule has 0 amide bonds. The highest BCUT2D eigenvalue weighted by Gasteiger charge is 1.92. The summed E-state index contributed by atoms with van der Waals surface area (Å²) >= 11 is 0. The Balaban J connectivity index is 0.000000791. The fourth-order valence-corrected chi connectivity index (χ4v) is 1.06. The van der Waals surface area contributed by atoms with E-state index in [0.717, 1.165) is 18.5 Å². The lowest BCUT2D eigenvalue weighted by Gasteiger charge is -2.03. The first-order chi connectivity index (χ1) is 6.83. The lowest BCUT2D eigenvalue weighted by atomic mass is 10.1. The van der Waals surface area contributed by atoms with Gasteiger partial charge in [0.2, 0.25) is 0 Å². The van der Waals surface area contributed by atoms with Gasteiger partial charge in [0.15, 0.2) is 0 Å². The van der Waals surface area contributed by atoms with E-state index in [0.29, 0.717) is 0 Å². The van der Waals surface area contributed by atoms with E-state index >= 15 is 0 Å². The van der Waals surface area contributed by atoms with Gasteiger partial charge in [-0.3, -0.25) is 0 Å². The molecule has 0 saturated carbocycles. The van der Waals surface area contributed by atoms with Crippen molar-refractivity contribution in [1.29, 1.82) is 0 Å². The molecule has 1 rings (SSSR count). The molecule has 0 radical (unpaired) electrons. The second-order valence-electron chi connectivity index (χ2n) is 2.84. The second-order valence-corrected chi connectivity index (χ2v) is 2.84. The van der Waals surface area contributed by atoms with Crippen molar-refractivity contribution >= 4 is 0 Å². The van der Waals surface area contributed by atoms with E-state index in [-0.39, 0.29) is 0 Å². The van der Waals surface area contributed by atoms with Gasteiger partial charge in [-0.25, -0.2) is 0 Å². The molecule has 1 aromatic carbocycles. The van der Waals surface area contributed by atoms with Crippen molar-refractivity contribution in [1.82, 2.24) is 5.32 Å². The SMILES string of the molecule is C=C(CCc1ccccc1)NC.CC. The van der Waals surface area contributed by atoms with E-state index in [4.69, 9.17) is 0 Å². The number of hydrogen-bond acceptors (Lipinski definition) is 1. The Labute approximate surface area is 87.9 Å². The Hall–Kier alpha value is -1.24. The first-order valence-electron chi connectivity index (χ1n) is 5.22. The summed E-state index contributed by atoms with van der Waals surface area (Å²) in [6, 6.07) is 10.5. The lowest BCUT2D eigenvalue weighted by Crippen LogP contribution is -2.04. The summed E-state index contributed by atoms with van der Waals surface area (Å²) in [6.07, 6.45) is 2.08. The molecule has 0 fully saturated rings. The van der Waals surface area contributed by atoms with E-state index in [1.807, 2.05) is 27.0 Å². The van der Waals surface area contributed by atoms with Gasteiger partial charge in [-0.15, -0.1) is 0 Å². The molecular formula is C13H21N. The van der Waals surface area contributed by atoms with Crippen LogP contribution in [0.3, 0.4) is 0 Å². The molecule has 78 valence electrons. The Morgan fingerprint density at radius 3 is 2.29 bits per heavy atom. The molecule has 0 spiro atoms. The first-order valence-corrected chi connectivity index (χ1v) is 5.22. The quantitative estimate of drug-likeness (QED) is 0.769. The average molecular weight is 191 g/mol. The standard InChI is InChI=1S/C11H15N.C2H6/c1-10(12-2)8-9-11-6-4-3-5-7-11;1-2/h3-7,12H,1,8-9H2,2H3;1-2H3. The van der Waals surface area contributed by atoms with Crippen LogP contribution in [-0.2, 0) is 6.42 Å². The number of hydrogen-bond donors (Lipinski definition) is 1. The largest absolute Gasteiger partial charge is 0.392 e. The van der Waals surface area contributed by atoms with Crippen LogP contribution in [0.1, 0.15) is 25.8 Å². The van der Waals surface area contributed by atoms with Crippen LogP contribution in [-0.4, -0.2) is 7.05 Å². The molecule has 0 atom stereocenters. The summed E-state index contributed by atoms with van der Waals surface area (Å²) in [5.41, 5.74) is 2.47. The summed E-state index contributed by atoms with van der Waals surface area (Å²) in [4.78, 5) is 0. The summed E-state index contributed by atoms with van der Waals surface area (Å²) < 4.78 is 0. The molecular weight excluding hydrogens is 170 g/mol. The van der Waals surface area contributed by atoms with Gasteiger partial charge in [0, 0.05) is 12.7 Å². The monoisotopic (exact) mass is 191 g/mol. The van der Waals surface area contributed by atoms with Crippen molar-refractivity contribution in [3.8, 4) is 0 Å². The Morgan fingerprint density at radius 1 is 1.21 bits per heavy atom. The van der Waals surface area contributed by atoms with Gasteiger partial charge < -0.3 is 5.32 Å². The zero-order valence-corrected chi connectivity index (χ0v) is 9.51. The van der Waals surface area contributed by atoms with Crippen LogP contribution in [0.15, 0.2) is 42.6 Å². The van der Waals surface area contributed by atoms with Crippen molar-refractivity contribution in [2.45, 2.75) is 26.7 Å². The van der Waals surface area contributed by atoms with Crippen LogP contribution in [0.2, 0.25) is 0 Å². The number of benzene rings is 1. The summed E-state index contributed by atoms with van der Waals surface area (Å²) in [7, 11) is 1.91. The number of rotatable bonds is 4. The number of nitrogens with one attached hydrogen (secondary N) is 1. The van der Waals surface area contributed by atoms with E-state index in [1.165, 1.54) is 5.56 Å². The van der Waals surface area contributed by atoms with E-state index < -0.39 is 0 Å². The third-order valence-electron chi connectivity index (χ3n) is 1.91.